The molecule has 0 spiro atoms. The van der Waals surface area contributed by atoms with Crippen molar-refractivity contribution in [2.24, 2.45) is 0 Å². The molecule has 0 unspecified atom stereocenters. The number of hydrogen-bond donors (Lipinski definition) is 0. The summed E-state index contributed by atoms with van der Waals surface area (Å²) < 4.78 is 5.40. The molecule has 3 heterocycles. The summed E-state index contributed by atoms with van der Waals surface area (Å²) in [5, 5.41) is 8.15. The maximum Gasteiger partial charge on any atom is 0.241 e. The molecule has 1 aromatic carbocycles. The first-order chi connectivity index (χ1) is 11.4. The molecule has 0 bridgehead atoms. The highest BCUT2D eigenvalue weighted by atomic mass is 32.1. The maximum atomic E-state index is 5.40. The molecule has 0 atom stereocenters. The SMILES string of the molecule is c1ccc(C2CCN(Cc3nc(-c4ccsc4)no3)CC2)cc1. The summed E-state index contributed by atoms with van der Waals surface area (Å²) in [4.78, 5) is 6.92. The van der Waals surface area contributed by atoms with Crippen LogP contribution in [0.1, 0.15) is 30.2 Å². The van der Waals surface area contributed by atoms with Crippen LogP contribution in [-0.4, -0.2) is 28.1 Å². The zero-order chi connectivity index (χ0) is 15.5. The molecule has 4 rings (SSSR count). The normalized spacial score (nSPS) is 16.7. The van der Waals surface area contributed by atoms with Crippen LogP contribution in [0.4, 0.5) is 0 Å². The Morgan fingerprint density at radius 2 is 1.96 bits per heavy atom. The smallest absolute Gasteiger partial charge is 0.241 e. The van der Waals surface area contributed by atoms with Crippen molar-refractivity contribution in [3.63, 3.8) is 0 Å². The van der Waals surface area contributed by atoms with Gasteiger partial charge in [-0.3, -0.25) is 4.90 Å². The molecule has 0 amide bonds. The Morgan fingerprint density at radius 3 is 2.70 bits per heavy atom. The van der Waals surface area contributed by atoms with Gasteiger partial charge in [0.2, 0.25) is 11.7 Å². The summed E-state index contributed by atoms with van der Waals surface area (Å²) in [6.07, 6.45) is 2.38. The van der Waals surface area contributed by atoms with Crippen LogP contribution in [0.3, 0.4) is 0 Å². The van der Waals surface area contributed by atoms with Crippen molar-refractivity contribution in [1.29, 1.82) is 0 Å². The van der Waals surface area contributed by atoms with E-state index in [-0.39, 0.29) is 0 Å². The van der Waals surface area contributed by atoms with Gasteiger partial charge in [-0.1, -0.05) is 35.5 Å². The molecule has 0 aliphatic carbocycles. The third-order valence-corrected chi connectivity index (χ3v) is 5.15. The number of likely N-dealkylation sites (tertiary alicyclic amines) is 1. The lowest BCUT2D eigenvalue weighted by Crippen LogP contribution is -2.32. The molecule has 1 aliphatic heterocycles. The third-order valence-electron chi connectivity index (χ3n) is 4.46. The molecule has 2 aromatic heterocycles. The minimum absolute atomic E-state index is 0.677. The second-order valence-electron chi connectivity index (χ2n) is 5.98. The van der Waals surface area contributed by atoms with Gasteiger partial charge in [-0.15, -0.1) is 0 Å². The van der Waals surface area contributed by atoms with Gasteiger partial charge in [0.05, 0.1) is 6.54 Å². The Balaban J connectivity index is 1.35. The monoisotopic (exact) mass is 325 g/mol. The Morgan fingerprint density at radius 1 is 1.13 bits per heavy atom. The summed E-state index contributed by atoms with van der Waals surface area (Å²) in [6, 6.07) is 12.8. The van der Waals surface area contributed by atoms with Crippen molar-refractivity contribution in [2.75, 3.05) is 13.1 Å². The number of thiophene rings is 1. The van der Waals surface area contributed by atoms with Crippen LogP contribution in [-0.2, 0) is 6.54 Å². The van der Waals surface area contributed by atoms with Gasteiger partial charge in [-0.05, 0) is 48.9 Å². The Hall–Kier alpha value is -1.98. The lowest BCUT2D eigenvalue weighted by molar-refractivity contribution is 0.181. The molecule has 118 valence electrons. The van der Waals surface area contributed by atoms with Crippen LogP contribution >= 0.6 is 11.3 Å². The topological polar surface area (TPSA) is 42.2 Å². The number of hydrogen-bond acceptors (Lipinski definition) is 5. The van der Waals surface area contributed by atoms with E-state index in [9.17, 15) is 0 Å². The van der Waals surface area contributed by atoms with Gasteiger partial charge in [0.1, 0.15) is 0 Å². The van der Waals surface area contributed by atoms with E-state index in [2.05, 4.69) is 45.4 Å². The second kappa shape index (κ2) is 6.64. The van der Waals surface area contributed by atoms with Crippen LogP contribution in [0.25, 0.3) is 11.4 Å². The average molecular weight is 325 g/mol. The number of aromatic nitrogens is 2. The zero-order valence-corrected chi connectivity index (χ0v) is 13.7. The van der Waals surface area contributed by atoms with Gasteiger partial charge in [0.25, 0.3) is 0 Å². The van der Waals surface area contributed by atoms with Crippen LogP contribution in [0.2, 0.25) is 0 Å². The van der Waals surface area contributed by atoms with Crippen LogP contribution in [0.15, 0.2) is 51.7 Å². The lowest BCUT2D eigenvalue weighted by Gasteiger charge is -2.31. The van der Waals surface area contributed by atoms with E-state index >= 15 is 0 Å². The maximum absolute atomic E-state index is 5.40. The van der Waals surface area contributed by atoms with E-state index in [0.29, 0.717) is 17.6 Å². The van der Waals surface area contributed by atoms with Crippen molar-refractivity contribution in [3.05, 3.63) is 58.6 Å². The second-order valence-corrected chi connectivity index (χ2v) is 6.76. The fourth-order valence-corrected chi connectivity index (χ4v) is 3.80. The van der Waals surface area contributed by atoms with E-state index in [4.69, 9.17) is 4.52 Å². The molecule has 1 aliphatic rings. The van der Waals surface area contributed by atoms with Gasteiger partial charge >= 0.3 is 0 Å². The van der Waals surface area contributed by atoms with Crippen molar-refractivity contribution in [3.8, 4) is 11.4 Å². The fourth-order valence-electron chi connectivity index (χ4n) is 3.17. The Labute approximate surface area is 139 Å². The minimum atomic E-state index is 0.677. The lowest BCUT2D eigenvalue weighted by atomic mass is 9.89. The highest BCUT2D eigenvalue weighted by Crippen LogP contribution is 2.28. The van der Waals surface area contributed by atoms with Gasteiger partial charge in [-0.2, -0.15) is 16.3 Å². The van der Waals surface area contributed by atoms with Crippen LogP contribution in [0.5, 0.6) is 0 Å². The molecular weight excluding hydrogens is 306 g/mol. The molecule has 0 radical (unpaired) electrons. The summed E-state index contributed by atoms with van der Waals surface area (Å²) in [6.45, 7) is 2.91. The van der Waals surface area contributed by atoms with Crippen LogP contribution in [0, 0.1) is 0 Å². The summed E-state index contributed by atoms with van der Waals surface area (Å²) in [7, 11) is 0. The van der Waals surface area contributed by atoms with E-state index in [1.165, 1.54) is 18.4 Å². The molecular formula is C18H19N3OS. The molecule has 1 saturated heterocycles. The minimum Gasteiger partial charge on any atom is -0.338 e. The number of piperidine rings is 1. The van der Waals surface area contributed by atoms with Gasteiger partial charge in [-0.25, -0.2) is 0 Å². The molecule has 5 heteroatoms. The molecule has 23 heavy (non-hydrogen) atoms. The fraction of sp³-hybridized carbons (Fsp3) is 0.333. The predicted octanol–water partition coefficient (Wildman–Crippen LogP) is 4.18. The van der Waals surface area contributed by atoms with Gasteiger partial charge < -0.3 is 4.52 Å². The third kappa shape index (κ3) is 3.35. The Kier molecular flexibility index (Phi) is 4.22. The summed E-state index contributed by atoms with van der Waals surface area (Å²) >= 11 is 1.65. The zero-order valence-electron chi connectivity index (χ0n) is 12.9. The van der Waals surface area contributed by atoms with E-state index < -0.39 is 0 Å². The predicted molar refractivity (Wildman–Crippen MR) is 91.3 cm³/mol. The van der Waals surface area contributed by atoms with Crippen LogP contribution < -0.4 is 0 Å². The van der Waals surface area contributed by atoms with Gasteiger partial charge in [0.15, 0.2) is 0 Å². The molecule has 4 nitrogen and oxygen atoms in total. The summed E-state index contributed by atoms with van der Waals surface area (Å²) in [5.41, 5.74) is 2.50. The molecule has 1 fully saturated rings. The van der Waals surface area contributed by atoms with Gasteiger partial charge in [0, 0.05) is 10.9 Å². The number of rotatable bonds is 4. The van der Waals surface area contributed by atoms with Crippen molar-refractivity contribution in [2.45, 2.75) is 25.3 Å². The first-order valence-corrected chi connectivity index (χ1v) is 8.95. The highest BCUT2D eigenvalue weighted by Gasteiger charge is 2.22. The number of nitrogens with zero attached hydrogens (tertiary/aromatic N) is 3. The quantitative estimate of drug-likeness (QED) is 0.722. The first kappa shape index (κ1) is 14.6. The molecule has 0 N–H and O–H groups in total. The van der Waals surface area contributed by atoms with E-state index in [0.717, 1.165) is 25.2 Å². The van der Waals surface area contributed by atoms with Crippen molar-refractivity contribution < 1.29 is 4.52 Å². The highest BCUT2D eigenvalue weighted by molar-refractivity contribution is 7.08. The Bertz CT molecular complexity index is 731. The van der Waals surface area contributed by atoms with E-state index in [1.54, 1.807) is 11.3 Å². The molecule has 3 aromatic rings. The van der Waals surface area contributed by atoms with Crippen molar-refractivity contribution >= 4 is 11.3 Å². The standard InChI is InChI=1S/C18H19N3OS/c1-2-4-14(5-3-1)15-6-9-21(10-7-15)12-17-19-18(20-22-17)16-8-11-23-13-16/h1-5,8,11,13,15H,6-7,9-10,12H2. The first-order valence-electron chi connectivity index (χ1n) is 8.01. The summed E-state index contributed by atoms with van der Waals surface area (Å²) in [5.74, 6) is 2.08. The largest absolute Gasteiger partial charge is 0.338 e. The van der Waals surface area contributed by atoms with Crippen molar-refractivity contribution in [1.82, 2.24) is 15.0 Å². The van der Waals surface area contributed by atoms with E-state index in [1.807, 2.05) is 16.8 Å². The number of benzene rings is 1. The average Bonchev–Trinajstić information content (AvgIpc) is 3.28. The molecule has 0 saturated carbocycles.